The predicted octanol–water partition coefficient (Wildman–Crippen LogP) is 5.23. The van der Waals surface area contributed by atoms with Crippen LogP contribution in [0.15, 0.2) is 60.7 Å². The Labute approximate surface area is 157 Å². The van der Waals surface area contributed by atoms with E-state index in [1.165, 1.54) is 12.1 Å². The van der Waals surface area contributed by atoms with Crippen LogP contribution in [0.3, 0.4) is 0 Å². The SMILES string of the molecule is O=C(O)N(Cc1cc(C(F)(F)F)nn1-c1cccc(Cl)c1)c1ccccc1. The first kappa shape index (κ1) is 18.8. The molecular formula is C18H13ClF3N3O2. The van der Waals surface area contributed by atoms with Crippen molar-refractivity contribution in [3.05, 3.63) is 77.1 Å². The van der Waals surface area contributed by atoms with Crippen molar-refractivity contribution in [2.45, 2.75) is 12.7 Å². The molecule has 1 aromatic heterocycles. The fourth-order valence-corrected chi connectivity index (χ4v) is 2.73. The molecule has 0 atom stereocenters. The largest absolute Gasteiger partial charge is 0.465 e. The second kappa shape index (κ2) is 7.32. The molecule has 9 heteroatoms. The van der Waals surface area contributed by atoms with Gasteiger partial charge in [-0.1, -0.05) is 35.9 Å². The lowest BCUT2D eigenvalue weighted by Crippen LogP contribution is -2.29. The van der Waals surface area contributed by atoms with Crippen molar-refractivity contribution < 1.29 is 23.1 Å². The monoisotopic (exact) mass is 395 g/mol. The molecule has 140 valence electrons. The van der Waals surface area contributed by atoms with Crippen molar-refractivity contribution in [2.24, 2.45) is 0 Å². The van der Waals surface area contributed by atoms with E-state index in [9.17, 15) is 23.1 Å². The molecule has 0 saturated heterocycles. The summed E-state index contributed by atoms with van der Waals surface area (Å²) in [4.78, 5) is 12.6. The molecule has 0 aliphatic rings. The highest BCUT2D eigenvalue weighted by molar-refractivity contribution is 6.30. The summed E-state index contributed by atoms with van der Waals surface area (Å²) in [5.74, 6) is 0. The Bertz CT molecular complexity index is 958. The minimum atomic E-state index is -4.67. The Morgan fingerprint density at radius 3 is 2.41 bits per heavy atom. The van der Waals surface area contributed by atoms with E-state index in [4.69, 9.17) is 11.6 Å². The molecule has 0 aliphatic carbocycles. The Hall–Kier alpha value is -3.00. The normalized spacial score (nSPS) is 11.4. The molecule has 0 aliphatic heterocycles. The summed E-state index contributed by atoms with van der Waals surface area (Å²) >= 11 is 5.93. The predicted molar refractivity (Wildman–Crippen MR) is 94.2 cm³/mol. The van der Waals surface area contributed by atoms with Crippen LogP contribution >= 0.6 is 11.6 Å². The van der Waals surface area contributed by atoms with Gasteiger partial charge in [0.1, 0.15) is 0 Å². The number of rotatable bonds is 4. The average Bonchev–Trinajstić information content (AvgIpc) is 3.04. The van der Waals surface area contributed by atoms with E-state index in [0.29, 0.717) is 16.4 Å². The lowest BCUT2D eigenvalue weighted by Gasteiger charge is -2.20. The third kappa shape index (κ3) is 4.22. The molecule has 1 heterocycles. The van der Waals surface area contributed by atoms with Crippen molar-refractivity contribution >= 4 is 23.4 Å². The lowest BCUT2D eigenvalue weighted by atomic mass is 10.2. The maximum Gasteiger partial charge on any atom is 0.435 e. The van der Waals surface area contributed by atoms with E-state index in [0.717, 1.165) is 15.6 Å². The highest BCUT2D eigenvalue weighted by atomic mass is 35.5. The molecule has 2 aromatic carbocycles. The van der Waals surface area contributed by atoms with Crippen molar-refractivity contribution in [1.82, 2.24) is 9.78 Å². The number of hydrogen-bond donors (Lipinski definition) is 1. The van der Waals surface area contributed by atoms with Crippen LogP contribution in [-0.2, 0) is 12.7 Å². The van der Waals surface area contributed by atoms with Crippen LogP contribution in [0.1, 0.15) is 11.4 Å². The average molecular weight is 396 g/mol. The van der Waals surface area contributed by atoms with Crippen LogP contribution in [0.4, 0.5) is 23.7 Å². The highest BCUT2D eigenvalue weighted by Crippen LogP contribution is 2.31. The summed E-state index contributed by atoms with van der Waals surface area (Å²) in [6, 6.07) is 15.1. The number of carbonyl (C=O) groups is 1. The minimum Gasteiger partial charge on any atom is -0.465 e. The zero-order valence-electron chi connectivity index (χ0n) is 13.7. The third-order valence-electron chi connectivity index (χ3n) is 3.75. The van der Waals surface area contributed by atoms with Gasteiger partial charge in [-0.3, -0.25) is 4.90 Å². The number of benzene rings is 2. The summed E-state index contributed by atoms with van der Waals surface area (Å²) in [7, 11) is 0. The topological polar surface area (TPSA) is 58.4 Å². The van der Waals surface area contributed by atoms with Gasteiger partial charge in [0.05, 0.1) is 17.9 Å². The van der Waals surface area contributed by atoms with Gasteiger partial charge in [0.25, 0.3) is 0 Å². The van der Waals surface area contributed by atoms with Gasteiger partial charge in [-0.15, -0.1) is 0 Å². The number of hydrogen-bond acceptors (Lipinski definition) is 2. The van der Waals surface area contributed by atoms with Gasteiger partial charge in [-0.2, -0.15) is 18.3 Å². The number of nitrogens with zero attached hydrogens (tertiary/aromatic N) is 3. The summed E-state index contributed by atoms with van der Waals surface area (Å²) in [5.41, 5.74) is -0.435. The first-order valence-electron chi connectivity index (χ1n) is 7.73. The Balaban J connectivity index is 2.08. The number of carboxylic acid groups (broad SMARTS) is 1. The number of halogens is 4. The van der Waals surface area contributed by atoms with Crippen molar-refractivity contribution in [3.8, 4) is 5.69 Å². The van der Waals surface area contributed by atoms with E-state index in [2.05, 4.69) is 5.10 Å². The number of amides is 1. The molecule has 27 heavy (non-hydrogen) atoms. The number of para-hydroxylation sites is 1. The Morgan fingerprint density at radius 2 is 1.81 bits per heavy atom. The Morgan fingerprint density at radius 1 is 1.11 bits per heavy atom. The van der Waals surface area contributed by atoms with Gasteiger partial charge in [0.2, 0.25) is 0 Å². The summed E-state index contributed by atoms with van der Waals surface area (Å²) in [6.07, 6.45) is -5.96. The van der Waals surface area contributed by atoms with Crippen LogP contribution in [-0.4, -0.2) is 21.0 Å². The van der Waals surface area contributed by atoms with E-state index in [1.54, 1.807) is 42.5 Å². The first-order valence-corrected chi connectivity index (χ1v) is 8.11. The molecule has 5 nitrogen and oxygen atoms in total. The van der Waals surface area contributed by atoms with Crippen molar-refractivity contribution in [1.29, 1.82) is 0 Å². The summed E-state index contributed by atoms with van der Waals surface area (Å²) < 4.78 is 40.5. The van der Waals surface area contributed by atoms with E-state index in [1.807, 2.05) is 0 Å². The van der Waals surface area contributed by atoms with E-state index < -0.39 is 18.0 Å². The molecule has 0 radical (unpaired) electrons. The van der Waals surface area contributed by atoms with Gasteiger partial charge in [-0.25, -0.2) is 9.48 Å². The van der Waals surface area contributed by atoms with Gasteiger partial charge in [0.15, 0.2) is 5.69 Å². The van der Waals surface area contributed by atoms with E-state index in [-0.39, 0.29) is 12.2 Å². The van der Waals surface area contributed by atoms with Gasteiger partial charge >= 0.3 is 12.3 Å². The second-order valence-corrected chi connectivity index (χ2v) is 6.05. The minimum absolute atomic E-state index is 0.0517. The smallest absolute Gasteiger partial charge is 0.435 e. The number of aromatic nitrogens is 2. The fourth-order valence-electron chi connectivity index (χ4n) is 2.54. The quantitative estimate of drug-likeness (QED) is 0.658. The summed E-state index contributed by atoms with van der Waals surface area (Å²) in [6.45, 7) is -0.324. The van der Waals surface area contributed by atoms with Gasteiger partial charge in [-0.05, 0) is 36.4 Å². The van der Waals surface area contributed by atoms with Gasteiger partial charge in [0, 0.05) is 10.7 Å². The summed E-state index contributed by atoms with van der Waals surface area (Å²) in [5, 5.41) is 13.4. The molecule has 0 fully saturated rings. The zero-order valence-corrected chi connectivity index (χ0v) is 14.4. The van der Waals surface area contributed by atoms with Crippen LogP contribution in [0.5, 0.6) is 0 Å². The maximum absolute atomic E-state index is 13.2. The molecule has 1 amide bonds. The molecule has 3 aromatic rings. The zero-order chi connectivity index (χ0) is 19.6. The van der Waals surface area contributed by atoms with Crippen molar-refractivity contribution in [2.75, 3.05) is 4.90 Å². The number of alkyl halides is 3. The standard InChI is InChI=1S/C18H13ClF3N3O2/c19-12-5-4-8-14(9-12)25-15(10-16(23-25)18(20,21)22)11-24(17(26)27)13-6-2-1-3-7-13/h1-10H,11H2,(H,26,27). The molecule has 0 spiro atoms. The molecule has 0 unspecified atom stereocenters. The molecular weight excluding hydrogens is 383 g/mol. The van der Waals surface area contributed by atoms with E-state index >= 15 is 0 Å². The van der Waals surface area contributed by atoms with Gasteiger partial charge < -0.3 is 5.11 Å². The number of anilines is 1. The highest BCUT2D eigenvalue weighted by Gasteiger charge is 2.35. The third-order valence-corrected chi connectivity index (χ3v) is 3.98. The first-order chi connectivity index (χ1) is 12.8. The lowest BCUT2D eigenvalue weighted by molar-refractivity contribution is -0.141. The van der Waals surface area contributed by atoms with Crippen LogP contribution in [0, 0.1) is 0 Å². The maximum atomic E-state index is 13.2. The molecule has 1 N–H and O–H groups in total. The fraction of sp³-hybridized carbons (Fsp3) is 0.111. The van der Waals surface area contributed by atoms with Crippen molar-refractivity contribution in [3.63, 3.8) is 0 Å². The van der Waals surface area contributed by atoms with Crippen LogP contribution < -0.4 is 4.90 Å². The van der Waals surface area contributed by atoms with Crippen LogP contribution in [0.2, 0.25) is 5.02 Å². The van der Waals surface area contributed by atoms with Crippen LogP contribution in [0.25, 0.3) is 5.69 Å². The Kier molecular flexibility index (Phi) is 5.09. The second-order valence-electron chi connectivity index (χ2n) is 5.61. The molecule has 3 rings (SSSR count). The molecule has 0 saturated carbocycles. The molecule has 0 bridgehead atoms.